The van der Waals surface area contributed by atoms with Gasteiger partial charge in [-0.1, -0.05) is 18.2 Å². The second kappa shape index (κ2) is 3.32. The summed E-state index contributed by atoms with van der Waals surface area (Å²) in [5, 5.41) is 3.01. The van der Waals surface area contributed by atoms with Crippen LogP contribution < -0.4 is 5.32 Å². The molecule has 84 valence electrons. The van der Waals surface area contributed by atoms with Crippen LogP contribution in [0, 0.1) is 0 Å². The van der Waals surface area contributed by atoms with Crippen molar-refractivity contribution in [3.05, 3.63) is 29.8 Å². The molecule has 3 rings (SSSR count). The van der Waals surface area contributed by atoms with Crippen molar-refractivity contribution < 1.29 is 4.79 Å². The molecule has 1 atom stereocenters. The summed E-state index contributed by atoms with van der Waals surface area (Å²) in [4.78, 5) is 14.5. The molecule has 1 aromatic rings. The number of piperidine rings is 1. The summed E-state index contributed by atoms with van der Waals surface area (Å²) in [5.41, 5.74) is 1.90. The molecule has 1 unspecified atom stereocenters. The van der Waals surface area contributed by atoms with Crippen molar-refractivity contribution in [2.45, 2.75) is 18.3 Å². The minimum absolute atomic E-state index is 0.181. The molecule has 1 spiro atoms. The van der Waals surface area contributed by atoms with E-state index < -0.39 is 0 Å². The monoisotopic (exact) mass is 216 g/mol. The molecule has 1 saturated heterocycles. The van der Waals surface area contributed by atoms with Crippen molar-refractivity contribution in [1.29, 1.82) is 0 Å². The average Bonchev–Trinajstić information content (AvgIpc) is 2.53. The predicted octanol–water partition coefficient (Wildman–Crippen LogP) is 1.60. The number of hydrogen-bond donors (Lipinski definition) is 1. The molecule has 2 heterocycles. The third-order valence-electron chi connectivity index (χ3n) is 3.81. The lowest BCUT2D eigenvalue weighted by atomic mass is 9.75. The normalized spacial score (nSPS) is 29.2. The molecule has 1 fully saturated rings. The van der Waals surface area contributed by atoms with E-state index >= 15 is 0 Å². The van der Waals surface area contributed by atoms with Gasteiger partial charge in [0.25, 0.3) is 0 Å². The van der Waals surface area contributed by atoms with E-state index in [1.54, 1.807) is 0 Å². The van der Waals surface area contributed by atoms with Gasteiger partial charge in [-0.15, -0.1) is 0 Å². The number of amides is 1. The van der Waals surface area contributed by atoms with Gasteiger partial charge in [-0.25, -0.2) is 0 Å². The van der Waals surface area contributed by atoms with Crippen LogP contribution in [0.4, 0.5) is 5.69 Å². The summed E-state index contributed by atoms with van der Waals surface area (Å²) in [6.45, 7) is 1.94. The summed E-state index contributed by atoms with van der Waals surface area (Å²) in [7, 11) is 2.09. The van der Waals surface area contributed by atoms with Gasteiger partial charge in [-0.2, -0.15) is 0 Å². The van der Waals surface area contributed by atoms with Crippen LogP contribution in [-0.2, 0) is 10.2 Å². The highest BCUT2D eigenvalue weighted by Gasteiger charge is 2.48. The zero-order valence-corrected chi connectivity index (χ0v) is 9.49. The molecule has 1 aromatic carbocycles. The Morgan fingerprint density at radius 2 is 2.19 bits per heavy atom. The van der Waals surface area contributed by atoms with Crippen molar-refractivity contribution >= 4 is 11.6 Å². The molecule has 0 aromatic heterocycles. The molecular weight excluding hydrogens is 200 g/mol. The van der Waals surface area contributed by atoms with E-state index in [0.29, 0.717) is 0 Å². The SMILES string of the molecule is CN1CCCC2(C1)C(=O)Nc1ccccc12. The van der Waals surface area contributed by atoms with Crippen LogP contribution in [-0.4, -0.2) is 30.9 Å². The van der Waals surface area contributed by atoms with Crippen molar-refractivity contribution in [1.82, 2.24) is 4.90 Å². The molecule has 3 heteroatoms. The second-order valence-electron chi connectivity index (χ2n) is 4.92. The van der Waals surface area contributed by atoms with Gasteiger partial charge in [0.05, 0.1) is 5.41 Å². The van der Waals surface area contributed by atoms with E-state index in [0.717, 1.165) is 31.6 Å². The summed E-state index contributed by atoms with van der Waals surface area (Å²) in [6.07, 6.45) is 2.07. The molecule has 0 saturated carbocycles. The quantitative estimate of drug-likeness (QED) is 0.714. The van der Waals surface area contributed by atoms with Crippen LogP contribution in [0.5, 0.6) is 0 Å². The second-order valence-corrected chi connectivity index (χ2v) is 4.92. The Hall–Kier alpha value is -1.35. The van der Waals surface area contributed by atoms with Crippen LogP contribution in [0.15, 0.2) is 24.3 Å². The Balaban J connectivity index is 2.09. The third-order valence-corrected chi connectivity index (χ3v) is 3.81. The van der Waals surface area contributed by atoms with Crippen molar-refractivity contribution in [3.63, 3.8) is 0 Å². The number of nitrogens with one attached hydrogen (secondary N) is 1. The molecule has 2 aliphatic rings. The lowest BCUT2D eigenvalue weighted by Crippen LogP contribution is -2.48. The summed E-state index contributed by atoms with van der Waals surface area (Å²) >= 11 is 0. The number of carbonyl (C=O) groups is 1. The number of benzene rings is 1. The lowest BCUT2D eigenvalue weighted by Gasteiger charge is -2.37. The zero-order valence-electron chi connectivity index (χ0n) is 9.49. The topological polar surface area (TPSA) is 32.3 Å². The number of rotatable bonds is 0. The first-order valence-electron chi connectivity index (χ1n) is 5.82. The van der Waals surface area contributed by atoms with Crippen LogP contribution in [0.2, 0.25) is 0 Å². The predicted molar refractivity (Wildman–Crippen MR) is 63.5 cm³/mol. The van der Waals surface area contributed by atoms with Gasteiger partial charge >= 0.3 is 0 Å². The first kappa shape index (κ1) is 9.85. The Labute approximate surface area is 95.4 Å². The fourth-order valence-corrected chi connectivity index (χ4v) is 3.05. The first-order chi connectivity index (χ1) is 7.72. The fraction of sp³-hybridized carbons (Fsp3) is 0.462. The summed E-state index contributed by atoms with van der Waals surface area (Å²) in [6, 6.07) is 8.09. The lowest BCUT2D eigenvalue weighted by molar-refractivity contribution is -0.122. The number of likely N-dealkylation sites (N-methyl/N-ethyl adjacent to an activating group) is 1. The maximum atomic E-state index is 12.2. The largest absolute Gasteiger partial charge is 0.325 e. The molecule has 2 aliphatic heterocycles. The number of nitrogens with zero attached hydrogens (tertiary/aromatic N) is 1. The smallest absolute Gasteiger partial charge is 0.236 e. The van der Waals surface area contributed by atoms with Crippen LogP contribution in [0.25, 0.3) is 0 Å². The molecule has 0 bridgehead atoms. The molecular formula is C13H16N2O. The van der Waals surface area contributed by atoms with E-state index in [1.165, 1.54) is 5.56 Å². The van der Waals surface area contributed by atoms with Crippen molar-refractivity contribution in [2.75, 3.05) is 25.5 Å². The standard InChI is InChI=1S/C13H16N2O/c1-15-8-4-7-13(9-15)10-5-2-3-6-11(10)14-12(13)16/h2-3,5-6H,4,7-9H2,1H3,(H,14,16). The first-order valence-corrected chi connectivity index (χ1v) is 5.82. The van der Waals surface area contributed by atoms with Gasteiger partial charge in [0.15, 0.2) is 0 Å². The van der Waals surface area contributed by atoms with Crippen LogP contribution >= 0.6 is 0 Å². The van der Waals surface area contributed by atoms with Gasteiger partial charge in [0, 0.05) is 12.2 Å². The number of anilines is 1. The number of likely N-dealkylation sites (tertiary alicyclic amines) is 1. The highest BCUT2D eigenvalue weighted by atomic mass is 16.2. The van der Waals surface area contributed by atoms with E-state index in [-0.39, 0.29) is 11.3 Å². The minimum atomic E-state index is -0.288. The molecule has 1 amide bonds. The number of para-hydroxylation sites is 1. The van der Waals surface area contributed by atoms with Gasteiger partial charge in [-0.05, 0) is 38.1 Å². The van der Waals surface area contributed by atoms with Crippen molar-refractivity contribution in [2.24, 2.45) is 0 Å². The number of carbonyl (C=O) groups excluding carboxylic acids is 1. The van der Waals surface area contributed by atoms with Gasteiger partial charge in [-0.3, -0.25) is 4.79 Å². The van der Waals surface area contributed by atoms with Crippen molar-refractivity contribution in [3.8, 4) is 0 Å². The van der Waals surface area contributed by atoms with Crippen LogP contribution in [0.1, 0.15) is 18.4 Å². The van der Waals surface area contributed by atoms with Crippen LogP contribution in [0.3, 0.4) is 0 Å². The maximum absolute atomic E-state index is 12.2. The fourth-order valence-electron chi connectivity index (χ4n) is 3.05. The Morgan fingerprint density at radius 3 is 3.00 bits per heavy atom. The summed E-state index contributed by atoms with van der Waals surface area (Å²) < 4.78 is 0. The molecule has 16 heavy (non-hydrogen) atoms. The molecule has 3 nitrogen and oxygen atoms in total. The number of fused-ring (bicyclic) bond motifs is 2. The third kappa shape index (κ3) is 1.21. The average molecular weight is 216 g/mol. The highest BCUT2D eigenvalue weighted by molar-refractivity contribution is 6.06. The van der Waals surface area contributed by atoms with E-state index in [1.807, 2.05) is 18.2 Å². The van der Waals surface area contributed by atoms with E-state index in [9.17, 15) is 4.79 Å². The van der Waals surface area contributed by atoms with E-state index in [2.05, 4.69) is 23.3 Å². The Kier molecular flexibility index (Phi) is 2.04. The van der Waals surface area contributed by atoms with Gasteiger partial charge < -0.3 is 10.2 Å². The minimum Gasteiger partial charge on any atom is -0.325 e. The van der Waals surface area contributed by atoms with Gasteiger partial charge in [0.1, 0.15) is 0 Å². The Bertz CT molecular complexity index is 443. The maximum Gasteiger partial charge on any atom is 0.236 e. The molecule has 0 aliphatic carbocycles. The highest BCUT2D eigenvalue weighted by Crippen LogP contribution is 2.43. The molecule has 1 N–H and O–H groups in total. The van der Waals surface area contributed by atoms with Gasteiger partial charge in [0.2, 0.25) is 5.91 Å². The molecule has 0 radical (unpaired) electrons. The van der Waals surface area contributed by atoms with E-state index in [4.69, 9.17) is 0 Å². The summed E-state index contributed by atoms with van der Waals surface area (Å²) in [5.74, 6) is 0.181. The zero-order chi connectivity index (χ0) is 11.2. The number of hydrogen-bond acceptors (Lipinski definition) is 2. The Morgan fingerprint density at radius 1 is 1.38 bits per heavy atom.